The Labute approximate surface area is 179 Å². The van der Waals surface area contributed by atoms with Gasteiger partial charge in [0.25, 0.3) is 11.8 Å². The summed E-state index contributed by atoms with van der Waals surface area (Å²) in [4.78, 5) is 16.1. The highest BCUT2D eigenvalue weighted by atomic mass is 19.4. The topological polar surface area (TPSA) is 77.6 Å². The van der Waals surface area contributed by atoms with Crippen molar-refractivity contribution < 1.29 is 26.7 Å². The maximum atomic E-state index is 13.5. The quantitative estimate of drug-likeness (QED) is 0.603. The first-order valence-electron chi connectivity index (χ1n) is 9.78. The van der Waals surface area contributed by atoms with Crippen LogP contribution in [0.1, 0.15) is 53.4 Å². The van der Waals surface area contributed by atoms with E-state index < -0.39 is 35.4 Å². The number of amides is 1. The maximum Gasteiger partial charge on any atom is 0.433 e. The van der Waals surface area contributed by atoms with Gasteiger partial charge in [-0.1, -0.05) is 0 Å². The van der Waals surface area contributed by atoms with Gasteiger partial charge in [0.15, 0.2) is 0 Å². The molecule has 0 spiro atoms. The Balaban J connectivity index is 1.60. The average Bonchev–Trinajstić information content (AvgIpc) is 3.32. The Bertz CT molecular complexity index is 1160. The van der Waals surface area contributed by atoms with E-state index >= 15 is 0 Å². The molecule has 1 amide bonds. The van der Waals surface area contributed by atoms with E-state index in [2.05, 4.69) is 20.5 Å². The highest BCUT2D eigenvalue weighted by molar-refractivity contribution is 5.93. The summed E-state index contributed by atoms with van der Waals surface area (Å²) in [5.41, 5.74) is -0.372. The van der Waals surface area contributed by atoms with Crippen LogP contribution in [0.4, 0.5) is 22.0 Å². The van der Waals surface area contributed by atoms with Gasteiger partial charge in [-0.3, -0.25) is 19.1 Å². The van der Waals surface area contributed by atoms with Crippen molar-refractivity contribution in [3.63, 3.8) is 0 Å². The SMILES string of the molecule is Cn1nc(C(C)(F)F)cc1C(=O)N[C@H]1CCCn2nc(-c3ccnc(C(F)(F)F)c3)cc21. The fourth-order valence-electron chi connectivity index (χ4n) is 3.64. The Morgan fingerprint density at radius 1 is 1.12 bits per heavy atom. The lowest BCUT2D eigenvalue weighted by molar-refractivity contribution is -0.141. The zero-order valence-corrected chi connectivity index (χ0v) is 17.1. The summed E-state index contributed by atoms with van der Waals surface area (Å²) >= 11 is 0. The molecule has 170 valence electrons. The number of aryl methyl sites for hydroxylation is 2. The molecule has 0 saturated heterocycles. The molecule has 32 heavy (non-hydrogen) atoms. The number of hydrogen-bond acceptors (Lipinski definition) is 4. The second kappa shape index (κ2) is 7.68. The number of nitrogens with zero attached hydrogens (tertiary/aromatic N) is 5. The van der Waals surface area contributed by atoms with Crippen molar-refractivity contribution in [2.75, 3.05) is 0 Å². The molecular formula is C20H19F5N6O. The van der Waals surface area contributed by atoms with E-state index in [1.807, 2.05) is 0 Å². The van der Waals surface area contributed by atoms with Gasteiger partial charge in [0, 0.05) is 32.3 Å². The van der Waals surface area contributed by atoms with Crippen LogP contribution >= 0.6 is 0 Å². The van der Waals surface area contributed by atoms with Crippen molar-refractivity contribution >= 4 is 5.91 Å². The lowest BCUT2D eigenvalue weighted by atomic mass is 10.0. The van der Waals surface area contributed by atoms with Crippen LogP contribution in [-0.2, 0) is 25.7 Å². The van der Waals surface area contributed by atoms with Crippen LogP contribution in [0.25, 0.3) is 11.3 Å². The van der Waals surface area contributed by atoms with Gasteiger partial charge in [-0.15, -0.1) is 0 Å². The van der Waals surface area contributed by atoms with Crippen molar-refractivity contribution in [3.8, 4) is 11.3 Å². The first kappa shape index (κ1) is 21.9. The third-order valence-corrected chi connectivity index (χ3v) is 5.24. The molecule has 0 aliphatic carbocycles. The fourth-order valence-corrected chi connectivity index (χ4v) is 3.64. The lowest BCUT2D eigenvalue weighted by Crippen LogP contribution is -2.33. The first-order chi connectivity index (χ1) is 14.9. The molecule has 4 heterocycles. The second-order valence-electron chi connectivity index (χ2n) is 7.70. The number of rotatable bonds is 4. The number of carbonyl (C=O) groups is 1. The monoisotopic (exact) mass is 454 g/mol. The Morgan fingerprint density at radius 3 is 2.53 bits per heavy atom. The second-order valence-corrected chi connectivity index (χ2v) is 7.70. The van der Waals surface area contributed by atoms with Gasteiger partial charge in [0.05, 0.1) is 17.4 Å². The van der Waals surface area contributed by atoms with E-state index in [4.69, 9.17) is 0 Å². The molecule has 0 bridgehead atoms. The summed E-state index contributed by atoms with van der Waals surface area (Å²) in [6, 6.07) is 4.52. The predicted molar refractivity (Wildman–Crippen MR) is 103 cm³/mol. The molecule has 0 fully saturated rings. The third-order valence-electron chi connectivity index (χ3n) is 5.24. The summed E-state index contributed by atoms with van der Waals surface area (Å²) in [7, 11) is 1.40. The van der Waals surface area contributed by atoms with E-state index in [0.717, 1.165) is 23.0 Å². The summed E-state index contributed by atoms with van der Waals surface area (Å²) < 4.78 is 68.8. The van der Waals surface area contributed by atoms with Crippen molar-refractivity contribution in [2.24, 2.45) is 7.05 Å². The number of halogens is 5. The van der Waals surface area contributed by atoms with Crippen molar-refractivity contribution in [1.82, 2.24) is 29.9 Å². The van der Waals surface area contributed by atoms with Crippen LogP contribution in [0, 0.1) is 0 Å². The van der Waals surface area contributed by atoms with Gasteiger partial charge < -0.3 is 5.32 Å². The van der Waals surface area contributed by atoms with Crippen LogP contribution in [0.5, 0.6) is 0 Å². The van der Waals surface area contributed by atoms with Gasteiger partial charge in [0.2, 0.25) is 0 Å². The molecule has 7 nitrogen and oxygen atoms in total. The number of pyridine rings is 1. The number of hydrogen-bond donors (Lipinski definition) is 1. The van der Waals surface area contributed by atoms with Gasteiger partial charge in [-0.2, -0.15) is 32.1 Å². The van der Waals surface area contributed by atoms with E-state index in [9.17, 15) is 26.7 Å². The van der Waals surface area contributed by atoms with E-state index in [1.54, 1.807) is 10.7 Å². The van der Waals surface area contributed by atoms with Crippen LogP contribution in [-0.4, -0.2) is 30.5 Å². The molecule has 3 aromatic rings. The van der Waals surface area contributed by atoms with Crippen molar-refractivity contribution in [3.05, 3.63) is 53.2 Å². The number of fused-ring (bicyclic) bond motifs is 1. The largest absolute Gasteiger partial charge is 0.433 e. The molecular weight excluding hydrogens is 435 g/mol. The predicted octanol–water partition coefficient (Wildman–Crippen LogP) is 4.07. The van der Waals surface area contributed by atoms with E-state index in [0.29, 0.717) is 37.7 Å². The molecule has 3 aromatic heterocycles. The van der Waals surface area contributed by atoms with E-state index in [-0.39, 0.29) is 11.3 Å². The summed E-state index contributed by atoms with van der Waals surface area (Å²) in [5, 5.41) is 10.9. The highest BCUT2D eigenvalue weighted by Crippen LogP contribution is 2.33. The minimum absolute atomic E-state index is 0.0256. The molecule has 1 N–H and O–H groups in total. The Hall–Kier alpha value is -3.31. The van der Waals surface area contributed by atoms with Gasteiger partial charge in [-0.25, -0.2) is 0 Å². The van der Waals surface area contributed by atoms with Crippen LogP contribution in [0.3, 0.4) is 0 Å². The lowest BCUT2D eigenvalue weighted by Gasteiger charge is -2.24. The smallest absolute Gasteiger partial charge is 0.342 e. The van der Waals surface area contributed by atoms with Crippen LogP contribution in [0.15, 0.2) is 30.5 Å². The Kier molecular flexibility index (Phi) is 5.25. The molecule has 0 radical (unpaired) electrons. The van der Waals surface area contributed by atoms with Crippen molar-refractivity contribution in [1.29, 1.82) is 0 Å². The highest BCUT2D eigenvalue weighted by Gasteiger charge is 2.34. The normalized spacial score (nSPS) is 16.7. The molecule has 1 atom stereocenters. The van der Waals surface area contributed by atoms with Gasteiger partial charge in [-0.05, 0) is 37.1 Å². The molecule has 0 saturated carbocycles. The third kappa shape index (κ3) is 4.21. The van der Waals surface area contributed by atoms with Crippen molar-refractivity contribution in [2.45, 2.75) is 44.5 Å². The van der Waals surface area contributed by atoms with Gasteiger partial charge in [0.1, 0.15) is 17.1 Å². The molecule has 12 heteroatoms. The number of aromatic nitrogens is 5. The molecule has 1 aliphatic rings. The summed E-state index contributed by atoms with van der Waals surface area (Å²) in [6.45, 7) is 1.23. The Morgan fingerprint density at radius 2 is 1.88 bits per heavy atom. The molecule has 1 aliphatic heterocycles. The average molecular weight is 454 g/mol. The fraction of sp³-hybridized carbons (Fsp3) is 0.400. The number of carbonyl (C=O) groups excluding carboxylic acids is 1. The zero-order chi connectivity index (χ0) is 23.3. The van der Waals surface area contributed by atoms with Crippen LogP contribution in [0.2, 0.25) is 0 Å². The maximum absolute atomic E-state index is 13.5. The minimum atomic E-state index is -4.58. The summed E-state index contributed by atoms with van der Waals surface area (Å²) in [5.74, 6) is -3.77. The van der Waals surface area contributed by atoms with E-state index in [1.165, 1.54) is 13.1 Å². The first-order valence-corrected chi connectivity index (χ1v) is 9.78. The molecule has 4 rings (SSSR count). The summed E-state index contributed by atoms with van der Waals surface area (Å²) in [6.07, 6.45) is -2.27. The molecule has 0 aromatic carbocycles. The number of alkyl halides is 5. The van der Waals surface area contributed by atoms with Gasteiger partial charge >= 0.3 is 6.18 Å². The molecule has 0 unspecified atom stereocenters. The number of nitrogens with one attached hydrogen (secondary N) is 1. The zero-order valence-electron chi connectivity index (χ0n) is 17.1. The minimum Gasteiger partial charge on any atom is -0.342 e. The standard InChI is InChI=1S/C20H19F5N6O/c1-19(21,22)16-10-15(30(2)29-16)18(32)27-12-4-3-7-31-14(12)9-13(28-31)11-5-6-26-17(8-11)20(23,24)25/h5-6,8-10,12H,3-4,7H2,1-2H3,(H,27,32)/t12-/m0/s1. The van der Waals surface area contributed by atoms with Crippen LogP contribution < -0.4 is 5.32 Å².